The summed E-state index contributed by atoms with van der Waals surface area (Å²) in [5.41, 5.74) is -1.69. The number of hydrogen-bond acceptors (Lipinski definition) is 4. The molecular formula is C7H8CaO4. The number of hydrogen-bond donors (Lipinski definition) is 0. The van der Waals surface area contributed by atoms with Gasteiger partial charge >= 0.3 is 37.7 Å². The van der Waals surface area contributed by atoms with Crippen LogP contribution in [-0.4, -0.2) is 49.7 Å². The molecule has 5 heteroatoms. The second kappa shape index (κ2) is 4.44. The van der Waals surface area contributed by atoms with Crippen molar-refractivity contribution >= 4 is 49.7 Å². The van der Waals surface area contributed by atoms with Crippen molar-refractivity contribution in [3.8, 4) is 0 Å². The second-order valence-corrected chi connectivity index (χ2v) is 2.86. The Morgan fingerprint density at radius 1 is 1.00 bits per heavy atom. The molecule has 0 aromatic rings. The maximum Gasteiger partial charge on any atom is 2.00 e. The summed E-state index contributed by atoms with van der Waals surface area (Å²) < 4.78 is 0. The molecule has 0 spiro atoms. The van der Waals surface area contributed by atoms with Gasteiger partial charge in [0.25, 0.3) is 0 Å². The number of carboxylic acid groups (broad SMARTS) is 2. The SMILES string of the molecule is O=C([O-])C1(C(=O)[O-])CCCC1.[Ca+2]. The van der Waals surface area contributed by atoms with Crippen LogP contribution in [0.5, 0.6) is 0 Å². The molecule has 0 radical (unpaired) electrons. The Kier molecular flexibility index (Phi) is 4.51. The molecule has 4 nitrogen and oxygen atoms in total. The fourth-order valence-corrected chi connectivity index (χ4v) is 1.47. The van der Waals surface area contributed by atoms with Gasteiger partial charge in [0.15, 0.2) is 0 Å². The normalized spacial score (nSPS) is 19.7. The van der Waals surface area contributed by atoms with E-state index in [9.17, 15) is 19.8 Å². The van der Waals surface area contributed by atoms with Crippen molar-refractivity contribution in [2.45, 2.75) is 25.7 Å². The van der Waals surface area contributed by atoms with E-state index in [4.69, 9.17) is 0 Å². The number of rotatable bonds is 2. The second-order valence-electron chi connectivity index (χ2n) is 2.86. The van der Waals surface area contributed by atoms with Crippen LogP contribution >= 0.6 is 0 Å². The first-order valence-electron chi connectivity index (χ1n) is 3.52. The minimum atomic E-state index is -1.69. The molecule has 1 aliphatic rings. The average molecular weight is 196 g/mol. The molecule has 0 aromatic heterocycles. The quantitative estimate of drug-likeness (QED) is 0.366. The number of carbonyl (C=O) groups excluding carboxylic acids is 2. The molecule has 0 N–H and O–H groups in total. The van der Waals surface area contributed by atoms with Gasteiger partial charge in [-0.2, -0.15) is 0 Å². The summed E-state index contributed by atoms with van der Waals surface area (Å²) in [6.45, 7) is 0. The van der Waals surface area contributed by atoms with Gasteiger partial charge in [0.05, 0.1) is 11.9 Å². The van der Waals surface area contributed by atoms with Crippen molar-refractivity contribution in [3.05, 3.63) is 0 Å². The Bertz CT molecular complexity index is 180. The molecule has 0 aromatic carbocycles. The van der Waals surface area contributed by atoms with Crippen LogP contribution in [0.25, 0.3) is 0 Å². The third-order valence-corrected chi connectivity index (χ3v) is 2.24. The third kappa shape index (κ3) is 1.92. The van der Waals surface area contributed by atoms with Crippen LogP contribution < -0.4 is 10.2 Å². The predicted octanol–water partition coefficient (Wildman–Crippen LogP) is -2.33. The predicted molar refractivity (Wildman–Crippen MR) is 36.7 cm³/mol. The third-order valence-electron chi connectivity index (χ3n) is 2.24. The molecule has 1 fully saturated rings. The molecule has 12 heavy (non-hydrogen) atoms. The van der Waals surface area contributed by atoms with E-state index < -0.39 is 17.4 Å². The Hall–Kier alpha value is 0.200. The smallest absolute Gasteiger partial charge is 0.549 e. The molecule has 0 bridgehead atoms. The van der Waals surface area contributed by atoms with Crippen molar-refractivity contribution < 1.29 is 19.8 Å². The van der Waals surface area contributed by atoms with Crippen molar-refractivity contribution in [2.75, 3.05) is 0 Å². The van der Waals surface area contributed by atoms with Crippen LogP contribution in [0, 0.1) is 5.41 Å². The number of aliphatic carboxylic acids is 2. The Morgan fingerprint density at radius 2 is 1.33 bits per heavy atom. The molecule has 0 saturated heterocycles. The standard InChI is InChI=1S/C7H10O4.Ca/c8-5(9)7(6(10)11)3-1-2-4-7;/h1-4H2,(H,8,9)(H,10,11);/q;+2/p-2. The van der Waals surface area contributed by atoms with Crippen LogP contribution in [0.1, 0.15) is 25.7 Å². The van der Waals surface area contributed by atoms with Crippen molar-refractivity contribution in [1.29, 1.82) is 0 Å². The zero-order chi connectivity index (χ0) is 8.48. The van der Waals surface area contributed by atoms with Gasteiger partial charge in [0.1, 0.15) is 0 Å². The molecular weight excluding hydrogens is 188 g/mol. The summed E-state index contributed by atoms with van der Waals surface area (Å²) in [7, 11) is 0. The van der Waals surface area contributed by atoms with Crippen molar-refractivity contribution in [2.24, 2.45) is 5.41 Å². The Morgan fingerprint density at radius 3 is 1.50 bits per heavy atom. The zero-order valence-corrected chi connectivity index (χ0v) is 8.88. The van der Waals surface area contributed by atoms with Gasteiger partial charge in [0.2, 0.25) is 0 Å². The molecule has 0 amide bonds. The summed E-state index contributed by atoms with van der Waals surface area (Å²) in [5, 5.41) is 20.9. The molecule has 0 atom stereocenters. The van der Waals surface area contributed by atoms with Crippen LogP contribution in [0.4, 0.5) is 0 Å². The fraction of sp³-hybridized carbons (Fsp3) is 0.714. The number of carbonyl (C=O) groups is 2. The van der Waals surface area contributed by atoms with Crippen LogP contribution in [0.3, 0.4) is 0 Å². The van der Waals surface area contributed by atoms with E-state index in [0.29, 0.717) is 12.8 Å². The largest absolute Gasteiger partial charge is 2.00 e. The zero-order valence-electron chi connectivity index (χ0n) is 6.67. The summed E-state index contributed by atoms with van der Waals surface area (Å²) in [4.78, 5) is 20.9. The van der Waals surface area contributed by atoms with Gasteiger partial charge < -0.3 is 19.8 Å². The number of carboxylic acids is 2. The molecule has 1 saturated carbocycles. The van der Waals surface area contributed by atoms with Crippen molar-refractivity contribution in [3.63, 3.8) is 0 Å². The first-order chi connectivity index (χ1) is 5.09. The van der Waals surface area contributed by atoms with Crippen LogP contribution in [0.2, 0.25) is 0 Å². The molecule has 1 rings (SSSR count). The van der Waals surface area contributed by atoms with Gasteiger partial charge in [0, 0.05) is 5.41 Å². The monoisotopic (exact) mass is 196 g/mol. The summed E-state index contributed by atoms with van der Waals surface area (Å²) in [5.74, 6) is -3.01. The first-order valence-corrected chi connectivity index (χ1v) is 3.52. The molecule has 0 unspecified atom stereocenters. The maximum absolute atomic E-state index is 10.4. The summed E-state index contributed by atoms with van der Waals surface area (Å²) >= 11 is 0. The topological polar surface area (TPSA) is 80.3 Å². The first kappa shape index (κ1) is 12.2. The Labute approximate surface area is 100.0 Å². The van der Waals surface area contributed by atoms with E-state index in [1.807, 2.05) is 0 Å². The minimum absolute atomic E-state index is 0. The Balaban J connectivity index is 0.00000121. The molecule has 1 aliphatic carbocycles. The summed E-state index contributed by atoms with van der Waals surface area (Å²) in [6, 6.07) is 0. The van der Waals surface area contributed by atoms with E-state index in [1.54, 1.807) is 0 Å². The van der Waals surface area contributed by atoms with E-state index in [2.05, 4.69) is 0 Å². The van der Waals surface area contributed by atoms with E-state index in [1.165, 1.54) is 0 Å². The molecule has 0 aliphatic heterocycles. The van der Waals surface area contributed by atoms with Gasteiger partial charge in [-0.05, 0) is 12.8 Å². The molecule has 0 heterocycles. The maximum atomic E-state index is 10.4. The van der Waals surface area contributed by atoms with Gasteiger partial charge in [-0.1, -0.05) is 12.8 Å². The minimum Gasteiger partial charge on any atom is -0.549 e. The van der Waals surface area contributed by atoms with Crippen LogP contribution in [-0.2, 0) is 9.59 Å². The fourth-order valence-electron chi connectivity index (χ4n) is 1.47. The van der Waals surface area contributed by atoms with Gasteiger partial charge in [-0.15, -0.1) is 0 Å². The van der Waals surface area contributed by atoms with E-state index in [0.717, 1.165) is 0 Å². The van der Waals surface area contributed by atoms with Crippen LogP contribution in [0.15, 0.2) is 0 Å². The molecule has 62 valence electrons. The average Bonchev–Trinajstić information content (AvgIpc) is 2.34. The summed E-state index contributed by atoms with van der Waals surface area (Å²) in [6.07, 6.45) is 1.55. The van der Waals surface area contributed by atoms with Gasteiger partial charge in [-0.25, -0.2) is 0 Å². The van der Waals surface area contributed by atoms with Gasteiger partial charge in [-0.3, -0.25) is 0 Å². The van der Waals surface area contributed by atoms with E-state index in [-0.39, 0.29) is 50.6 Å². The van der Waals surface area contributed by atoms with Crippen molar-refractivity contribution in [1.82, 2.24) is 0 Å². The van der Waals surface area contributed by atoms with E-state index >= 15 is 0 Å².